The van der Waals surface area contributed by atoms with Gasteiger partial charge in [-0.15, -0.1) is 0 Å². The van der Waals surface area contributed by atoms with Crippen LogP contribution in [0.2, 0.25) is 0 Å². The van der Waals surface area contributed by atoms with E-state index in [1.165, 1.54) is 0 Å². The molecule has 0 spiro atoms. The zero-order valence-electron chi connectivity index (χ0n) is 15.0. The first kappa shape index (κ1) is 17.9. The van der Waals surface area contributed by atoms with Crippen LogP contribution in [0.15, 0.2) is 36.5 Å². The zero-order chi connectivity index (χ0) is 18.5. The van der Waals surface area contributed by atoms with Crippen LogP contribution in [-0.2, 0) is 19.1 Å². The highest BCUT2D eigenvalue weighted by Gasteiger charge is 2.53. The molecule has 0 aromatic rings. The van der Waals surface area contributed by atoms with Crippen molar-refractivity contribution in [3.8, 4) is 0 Å². The van der Waals surface area contributed by atoms with Crippen LogP contribution in [-0.4, -0.2) is 30.2 Å². The number of fused-ring (bicyclic) bond motifs is 3. The van der Waals surface area contributed by atoms with Crippen LogP contribution in [0.3, 0.4) is 0 Å². The summed E-state index contributed by atoms with van der Waals surface area (Å²) in [7, 11) is 0. The molecule has 0 aromatic heterocycles. The molecule has 2 saturated carbocycles. The normalized spacial score (nSPS) is 35.9. The average Bonchev–Trinajstić information content (AvgIpc) is 2.97. The number of allylic oxidation sites excluding steroid dienone is 1. The van der Waals surface area contributed by atoms with Crippen LogP contribution < -0.4 is 5.73 Å². The molecule has 5 heteroatoms. The fourth-order valence-electron chi connectivity index (χ4n) is 4.30. The average molecular weight is 345 g/mol. The van der Waals surface area contributed by atoms with Crippen molar-refractivity contribution in [2.45, 2.75) is 51.4 Å². The zero-order valence-corrected chi connectivity index (χ0v) is 15.0. The fourth-order valence-corrected chi connectivity index (χ4v) is 4.30. The van der Waals surface area contributed by atoms with Gasteiger partial charge >= 0.3 is 11.9 Å². The molecular weight excluding hydrogens is 318 g/mol. The Kier molecular flexibility index (Phi) is 4.62. The van der Waals surface area contributed by atoms with Crippen LogP contribution in [0.4, 0.5) is 0 Å². The van der Waals surface area contributed by atoms with Gasteiger partial charge in [0.1, 0.15) is 18.2 Å². The quantitative estimate of drug-likeness (QED) is 0.483. The van der Waals surface area contributed by atoms with Gasteiger partial charge in [-0.2, -0.15) is 0 Å². The third-order valence-corrected chi connectivity index (χ3v) is 6.00. The Hall–Kier alpha value is -1.88. The second-order valence-corrected chi connectivity index (χ2v) is 7.84. The van der Waals surface area contributed by atoms with Crippen molar-refractivity contribution < 1.29 is 19.1 Å². The van der Waals surface area contributed by atoms with E-state index in [2.05, 4.69) is 19.7 Å². The van der Waals surface area contributed by atoms with Crippen molar-refractivity contribution in [3.05, 3.63) is 36.5 Å². The van der Waals surface area contributed by atoms with Crippen LogP contribution >= 0.6 is 0 Å². The van der Waals surface area contributed by atoms with E-state index < -0.39 is 18.1 Å². The first-order valence-corrected chi connectivity index (χ1v) is 8.94. The van der Waals surface area contributed by atoms with E-state index in [-0.39, 0.29) is 35.7 Å². The molecule has 0 radical (unpaired) electrons. The Bertz CT molecular complexity index is 650. The van der Waals surface area contributed by atoms with Crippen LogP contribution in [0.25, 0.3) is 0 Å². The lowest BCUT2D eigenvalue weighted by Crippen LogP contribution is -2.39. The Labute approximate surface area is 148 Å². The lowest BCUT2D eigenvalue weighted by Gasteiger charge is -2.26. The third kappa shape index (κ3) is 2.95. The van der Waals surface area contributed by atoms with Gasteiger partial charge in [-0.1, -0.05) is 39.2 Å². The number of hydrogen-bond donors (Lipinski definition) is 1. The summed E-state index contributed by atoms with van der Waals surface area (Å²) < 4.78 is 11.3. The molecule has 5 nitrogen and oxygen atoms in total. The SMILES string of the molecule is C=C1[C@@H]2[C@H]3OC(=O)C(=C)[C@@H]3CCC(=C)[C@@H]2C[C@@H]1OC(=O)[C@@H](N)C(C)C. The predicted molar refractivity (Wildman–Crippen MR) is 94.3 cm³/mol. The molecule has 3 aliphatic rings. The molecule has 0 amide bonds. The van der Waals surface area contributed by atoms with E-state index in [1.54, 1.807) is 0 Å². The largest absolute Gasteiger partial charge is 0.458 e. The molecule has 1 aliphatic heterocycles. The van der Waals surface area contributed by atoms with Gasteiger partial charge in [0, 0.05) is 17.4 Å². The molecule has 3 fully saturated rings. The standard InChI is InChI=1S/C20H27NO4/c1-9(2)17(21)20(23)24-15-8-14-10(3)6-7-13-11(4)19(22)25-18(13)16(14)12(15)5/h9,13-18H,3-8,21H2,1-2H3/t13-,14-,15-,16-,17-,18-/m0/s1. The molecule has 136 valence electrons. The summed E-state index contributed by atoms with van der Waals surface area (Å²) in [6.45, 7) is 16.1. The first-order chi connectivity index (χ1) is 11.7. The molecule has 0 unspecified atom stereocenters. The maximum Gasteiger partial charge on any atom is 0.334 e. The Balaban J connectivity index is 1.82. The lowest BCUT2D eigenvalue weighted by molar-refractivity contribution is -0.150. The molecular formula is C20H27NO4. The maximum absolute atomic E-state index is 12.3. The van der Waals surface area contributed by atoms with Gasteiger partial charge in [0.25, 0.3) is 0 Å². The summed E-state index contributed by atoms with van der Waals surface area (Å²) in [6, 6.07) is -0.654. The number of nitrogens with two attached hydrogens (primary N) is 1. The van der Waals surface area contributed by atoms with E-state index in [4.69, 9.17) is 15.2 Å². The first-order valence-electron chi connectivity index (χ1n) is 8.94. The molecule has 25 heavy (non-hydrogen) atoms. The monoisotopic (exact) mass is 345 g/mol. The van der Waals surface area contributed by atoms with Gasteiger partial charge < -0.3 is 15.2 Å². The Morgan fingerprint density at radius 1 is 1.28 bits per heavy atom. The third-order valence-electron chi connectivity index (χ3n) is 6.00. The van der Waals surface area contributed by atoms with Gasteiger partial charge in [-0.05, 0) is 36.7 Å². The van der Waals surface area contributed by atoms with Gasteiger partial charge in [-0.3, -0.25) is 4.79 Å². The van der Waals surface area contributed by atoms with Crippen molar-refractivity contribution >= 4 is 11.9 Å². The molecule has 2 aliphatic carbocycles. The predicted octanol–water partition coefficient (Wildman–Crippen LogP) is 2.52. The number of rotatable bonds is 3. The minimum atomic E-state index is -0.654. The van der Waals surface area contributed by atoms with E-state index in [0.717, 1.165) is 24.0 Å². The van der Waals surface area contributed by atoms with Crippen molar-refractivity contribution in [2.24, 2.45) is 29.4 Å². The topological polar surface area (TPSA) is 78.6 Å². The molecule has 6 atom stereocenters. The minimum absolute atomic E-state index is 0.00565. The van der Waals surface area contributed by atoms with Crippen LogP contribution in [0.1, 0.15) is 33.1 Å². The summed E-state index contributed by atoms with van der Waals surface area (Å²) in [6.07, 6.45) is 1.58. The van der Waals surface area contributed by atoms with Crippen molar-refractivity contribution in [1.82, 2.24) is 0 Å². The van der Waals surface area contributed by atoms with Gasteiger partial charge in [0.05, 0.1) is 0 Å². The fraction of sp³-hybridized carbons (Fsp3) is 0.600. The van der Waals surface area contributed by atoms with Crippen molar-refractivity contribution in [3.63, 3.8) is 0 Å². The number of esters is 2. The summed E-state index contributed by atoms with van der Waals surface area (Å²) in [5, 5.41) is 0. The highest BCUT2D eigenvalue weighted by molar-refractivity contribution is 5.91. The van der Waals surface area contributed by atoms with Crippen LogP contribution in [0.5, 0.6) is 0 Å². The Morgan fingerprint density at radius 3 is 2.60 bits per heavy atom. The minimum Gasteiger partial charge on any atom is -0.458 e. The summed E-state index contributed by atoms with van der Waals surface area (Å²) >= 11 is 0. The van der Waals surface area contributed by atoms with Gasteiger partial charge in [0.2, 0.25) is 0 Å². The molecule has 1 saturated heterocycles. The number of carbonyl (C=O) groups is 2. The second-order valence-electron chi connectivity index (χ2n) is 7.84. The summed E-state index contributed by atoms with van der Waals surface area (Å²) in [5.41, 5.74) is 8.35. The maximum atomic E-state index is 12.3. The smallest absolute Gasteiger partial charge is 0.334 e. The second kappa shape index (κ2) is 6.45. The lowest BCUT2D eigenvalue weighted by atomic mass is 9.82. The van der Waals surface area contributed by atoms with E-state index in [1.807, 2.05) is 13.8 Å². The number of carbonyl (C=O) groups excluding carboxylic acids is 2. The summed E-state index contributed by atoms with van der Waals surface area (Å²) in [5.74, 6) is -0.705. The van der Waals surface area contributed by atoms with Crippen LogP contribution in [0, 0.1) is 23.7 Å². The number of hydrogen-bond acceptors (Lipinski definition) is 5. The Morgan fingerprint density at radius 2 is 1.96 bits per heavy atom. The highest BCUT2D eigenvalue weighted by Crippen LogP contribution is 2.52. The molecule has 3 rings (SSSR count). The molecule has 2 N–H and O–H groups in total. The highest BCUT2D eigenvalue weighted by atomic mass is 16.6. The molecule has 0 aromatic carbocycles. The molecule has 1 heterocycles. The van der Waals surface area contributed by atoms with Crippen molar-refractivity contribution in [2.75, 3.05) is 0 Å². The molecule has 0 bridgehead atoms. The summed E-state index contributed by atoms with van der Waals surface area (Å²) in [4.78, 5) is 24.2. The van der Waals surface area contributed by atoms with Gasteiger partial charge in [0.15, 0.2) is 0 Å². The number of ether oxygens (including phenoxy) is 2. The van der Waals surface area contributed by atoms with E-state index in [9.17, 15) is 9.59 Å². The van der Waals surface area contributed by atoms with Gasteiger partial charge in [-0.25, -0.2) is 4.79 Å². The van der Waals surface area contributed by atoms with E-state index >= 15 is 0 Å². The van der Waals surface area contributed by atoms with E-state index in [0.29, 0.717) is 12.0 Å². The van der Waals surface area contributed by atoms with Crippen molar-refractivity contribution in [1.29, 1.82) is 0 Å².